The highest BCUT2D eigenvalue weighted by Gasteiger charge is 2.17. The monoisotopic (exact) mass is 303 g/mol. The molecule has 0 bridgehead atoms. The van der Waals surface area contributed by atoms with Crippen molar-refractivity contribution in [2.24, 2.45) is 5.92 Å². The third kappa shape index (κ3) is 4.40. The molecular weight excluding hydrogens is 286 g/mol. The van der Waals surface area contributed by atoms with E-state index < -0.39 is 10.0 Å². The van der Waals surface area contributed by atoms with Gasteiger partial charge in [-0.2, -0.15) is 0 Å². The van der Waals surface area contributed by atoms with Gasteiger partial charge in [-0.05, 0) is 23.9 Å². The molecule has 1 saturated carbocycles. The molecule has 0 aliphatic heterocycles. The van der Waals surface area contributed by atoms with Crippen LogP contribution in [-0.4, -0.2) is 24.9 Å². The fourth-order valence-corrected chi connectivity index (χ4v) is 3.43. The summed E-state index contributed by atoms with van der Waals surface area (Å²) in [5.41, 5.74) is 0. The van der Waals surface area contributed by atoms with Crippen LogP contribution in [0.4, 0.5) is 0 Å². The molecule has 5 nitrogen and oxygen atoms in total. The standard InChI is InChI=1S/C12H18ClN3O2S/c13-12-14-8-11(9-15-12)19(17,18)16-7-6-10-4-2-1-3-5-10/h8-10,16H,1-7H2. The molecule has 0 spiro atoms. The van der Waals surface area contributed by atoms with E-state index in [0.29, 0.717) is 12.5 Å². The normalized spacial score (nSPS) is 17.5. The summed E-state index contributed by atoms with van der Waals surface area (Å²) in [5.74, 6) is 0.651. The lowest BCUT2D eigenvalue weighted by molar-refractivity contribution is 0.339. The zero-order valence-corrected chi connectivity index (χ0v) is 12.3. The Labute approximate surface area is 118 Å². The van der Waals surface area contributed by atoms with Gasteiger partial charge < -0.3 is 0 Å². The Morgan fingerprint density at radius 2 is 1.84 bits per heavy atom. The Kier molecular flexibility index (Phi) is 5.13. The summed E-state index contributed by atoms with van der Waals surface area (Å²) in [6.45, 7) is 0.468. The fraction of sp³-hybridized carbons (Fsp3) is 0.667. The Morgan fingerprint density at radius 1 is 1.21 bits per heavy atom. The van der Waals surface area contributed by atoms with Gasteiger partial charge >= 0.3 is 0 Å². The molecule has 1 aromatic heterocycles. The quantitative estimate of drug-likeness (QED) is 0.848. The molecule has 1 N–H and O–H groups in total. The van der Waals surface area contributed by atoms with Crippen molar-refractivity contribution in [1.29, 1.82) is 0 Å². The van der Waals surface area contributed by atoms with Crippen LogP contribution in [-0.2, 0) is 10.0 Å². The van der Waals surface area contributed by atoms with Crippen molar-refractivity contribution >= 4 is 21.6 Å². The molecule has 0 aromatic carbocycles. The molecule has 1 aromatic rings. The maximum absolute atomic E-state index is 12.0. The first-order chi connectivity index (χ1) is 9.08. The largest absolute Gasteiger partial charge is 0.243 e. The van der Waals surface area contributed by atoms with Crippen LogP contribution in [0.2, 0.25) is 5.28 Å². The van der Waals surface area contributed by atoms with Gasteiger partial charge in [0.25, 0.3) is 0 Å². The second-order valence-corrected chi connectivity index (χ2v) is 6.98. The van der Waals surface area contributed by atoms with Crippen LogP contribution in [0.25, 0.3) is 0 Å². The number of hydrogen-bond acceptors (Lipinski definition) is 4. The van der Waals surface area contributed by atoms with Gasteiger partial charge in [0, 0.05) is 6.54 Å². The van der Waals surface area contributed by atoms with Crippen LogP contribution in [0.15, 0.2) is 17.3 Å². The first-order valence-corrected chi connectivity index (χ1v) is 8.41. The zero-order chi connectivity index (χ0) is 13.7. The molecule has 1 fully saturated rings. The van der Waals surface area contributed by atoms with Crippen molar-refractivity contribution in [3.05, 3.63) is 17.7 Å². The van der Waals surface area contributed by atoms with Crippen LogP contribution in [0.3, 0.4) is 0 Å². The van der Waals surface area contributed by atoms with Crippen LogP contribution in [0.1, 0.15) is 38.5 Å². The van der Waals surface area contributed by atoms with E-state index >= 15 is 0 Å². The predicted octanol–water partition coefficient (Wildman–Crippen LogP) is 2.38. The number of nitrogens with one attached hydrogen (secondary N) is 1. The van der Waals surface area contributed by atoms with Crippen molar-refractivity contribution in [3.8, 4) is 0 Å². The van der Waals surface area contributed by atoms with Crippen molar-refractivity contribution in [2.45, 2.75) is 43.4 Å². The molecular formula is C12H18ClN3O2S. The first-order valence-electron chi connectivity index (χ1n) is 6.55. The van der Waals surface area contributed by atoms with Gasteiger partial charge in [-0.25, -0.2) is 23.1 Å². The predicted molar refractivity (Wildman–Crippen MR) is 73.4 cm³/mol. The van der Waals surface area contributed by atoms with E-state index in [0.717, 1.165) is 6.42 Å². The van der Waals surface area contributed by atoms with Crippen molar-refractivity contribution in [2.75, 3.05) is 6.54 Å². The molecule has 2 rings (SSSR count). The second kappa shape index (κ2) is 6.63. The molecule has 19 heavy (non-hydrogen) atoms. The number of halogens is 1. The number of nitrogens with zero attached hydrogens (tertiary/aromatic N) is 2. The third-order valence-corrected chi connectivity index (χ3v) is 5.09. The lowest BCUT2D eigenvalue weighted by Crippen LogP contribution is -2.27. The zero-order valence-electron chi connectivity index (χ0n) is 10.7. The molecule has 0 radical (unpaired) electrons. The molecule has 1 aliphatic rings. The summed E-state index contributed by atoms with van der Waals surface area (Å²) in [4.78, 5) is 7.41. The molecule has 0 atom stereocenters. The van der Waals surface area contributed by atoms with Gasteiger partial charge in [-0.15, -0.1) is 0 Å². The lowest BCUT2D eigenvalue weighted by atomic mass is 9.87. The summed E-state index contributed by atoms with van der Waals surface area (Å²) >= 11 is 5.53. The Hall–Kier alpha value is -0.720. The summed E-state index contributed by atoms with van der Waals surface area (Å²) < 4.78 is 26.5. The van der Waals surface area contributed by atoms with Crippen molar-refractivity contribution in [3.63, 3.8) is 0 Å². The molecule has 1 aliphatic carbocycles. The maximum Gasteiger partial charge on any atom is 0.243 e. The number of aromatic nitrogens is 2. The van der Waals surface area contributed by atoms with Gasteiger partial charge in [-0.3, -0.25) is 0 Å². The average molecular weight is 304 g/mol. The van der Waals surface area contributed by atoms with Gasteiger partial charge in [0.1, 0.15) is 4.90 Å². The Balaban J connectivity index is 1.85. The molecule has 0 saturated heterocycles. The summed E-state index contributed by atoms with van der Waals surface area (Å²) in [6.07, 6.45) is 9.61. The first kappa shape index (κ1) is 14.7. The van der Waals surface area contributed by atoms with E-state index in [1.54, 1.807) is 0 Å². The van der Waals surface area contributed by atoms with Crippen LogP contribution < -0.4 is 4.72 Å². The topological polar surface area (TPSA) is 72.0 Å². The Morgan fingerprint density at radius 3 is 2.47 bits per heavy atom. The highest BCUT2D eigenvalue weighted by molar-refractivity contribution is 7.89. The van der Waals surface area contributed by atoms with E-state index in [-0.39, 0.29) is 10.2 Å². The fourth-order valence-electron chi connectivity index (χ4n) is 2.40. The minimum absolute atomic E-state index is 0.0427. The molecule has 7 heteroatoms. The number of hydrogen-bond donors (Lipinski definition) is 1. The van der Waals surface area contributed by atoms with Crippen molar-refractivity contribution in [1.82, 2.24) is 14.7 Å². The van der Waals surface area contributed by atoms with Crippen LogP contribution >= 0.6 is 11.6 Å². The van der Waals surface area contributed by atoms with Crippen molar-refractivity contribution < 1.29 is 8.42 Å². The van der Waals surface area contributed by atoms with Gasteiger partial charge in [0.2, 0.25) is 15.3 Å². The van der Waals surface area contributed by atoms with Gasteiger partial charge in [-0.1, -0.05) is 32.1 Å². The second-order valence-electron chi connectivity index (χ2n) is 4.88. The van der Waals surface area contributed by atoms with Gasteiger partial charge in [0.15, 0.2) is 0 Å². The third-order valence-electron chi connectivity index (χ3n) is 3.48. The highest BCUT2D eigenvalue weighted by Crippen LogP contribution is 2.25. The minimum atomic E-state index is -3.51. The summed E-state index contributed by atoms with van der Waals surface area (Å²) in [6, 6.07) is 0. The van der Waals surface area contributed by atoms with E-state index in [1.165, 1.54) is 44.5 Å². The van der Waals surface area contributed by atoms with E-state index in [2.05, 4.69) is 14.7 Å². The van der Waals surface area contributed by atoms with E-state index in [4.69, 9.17) is 11.6 Å². The van der Waals surface area contributed by atoms with Crippen LogP contribution in [0, 0.1) is 5.92 Å². The molecule has 1 heterocycles. The SMILES string of the molecule is O=S(=O)(NCCC1CCCCC1)c1cnc(Cl)nc1. The minimum Gasteiger partial charge on any atom is -0.225 e. The molecule has 0 unspecified atom stereocenters. The van der Waals surface area contributed by atoms with E-state index in [1.807, 2.05) is 0 Å². The molecule has 0 amide bonds. The van der Waals surface area contributed by atoms with E-state index in [9.17, 15) is 8.42 Å². The van der Waals surface area contributed by atoms with Gasteiger partial charge in [0.05, 0.1) is 12.4 Å². The smallest absolute Gasteiger partial charge is 0.225 e. The Bertz CT molecular complexity index is 498. The maximum atomic E-state index is 12.0. The summed E-state index contributed by atoms with van der Waals surface area (Å²) in [5, 5.41) is 0.0427. The lowest BCUT2D eigenvalue weighted by Gasteiger charge is -2.21. The average Bonchev–Trinajstić information content (AvgIpc) is 2.40. The number of rotatable bonds is 5. The molecule has 106 valence electrons. The van der Waals surface area contributed by atoms with Crippen LogP contribution in [0.5, 0.6) is 0 Å². The highest BCUT2D eigenvalue weighted by atomic mass is 35.5. The number of sulfonamides is 1. The summed E-state index contributed by atoms with van der Waals surface area (Å²) in [7, 11) is -3.51.